The molecule has 4 saturated carbocycles. The third-order valence-corrected chi connectivity index (χ3v) is 8.67. The summed E-state index contributed by atoms with van der Waals surface area (Å²) in [6.45, 7) is 0. The first-order valence-corrected chi connectivity index (χ1v) is 16.3. The van der Waals surface area contributed by atoms with Crippen LogP contribution >= 0.6 is 0 Å². The van der Waals surface area contributed by atoms with Crippen molar-refractivity contribution in [1.82, 2.24) is 0 Å². The summed E-state index contributed by atoms with van der Waals surface area (Å²) < 4.78 is 0. The van der Waals surface area contributed by atoms with Crippen LogP contribution in [0.25, 0.3) is 0 Å². The normalized spacial score (nSPS) is 26.9. The summed E-state index contributed by atoms with van der Waals surface area (Å²) in [5.41, 5.74) is 0. The van der Waals surface area contributed by atoms with Crippen LogP contribution in [-0.4, -0.2) is 0 Å². The average molecular weight is 517 g/mol. The van der Waals surface area contributed by atoms with Crippen molar-refractivity contribution >= 4 is 0 Å². The van der Waals surface area contributed by atoms with Gasteiger partial charge in [0.1, 0.15) is 0 Å². The molecule has 0 N–H and O–H groups in total. The summed E-state index contributed by atoms with van der Waals surface area (Å²) in [4.78, 5) is 0. The highest BCUT2D eigenvalue weighted by Crippen LogP contribution is 2.38. The van der Waals surface area contributed by atoms with Gasteiger partial charge in [0.25, 0.3) is 0 Å². The van der Waals surface area contributed by atoms with Crippen molar-refractivity contribution in [2.75, 3.05) is 0 Å². The lowest BCUT2D eigenvalue weighted by molar-refractivity contribution is 0.504. The molecule has 0 radical (unpaired) electrons. The van der Waals surface area contributed by atoms with Gasteiger partial charge in [-0.2, -0.15) is 0 Å². The van der Waals surface area contributed by atoms with Crippen LogP contribution in [0.3, 0.4) is 0 Å². The molecular weight excluding hydrogens is 456 g/mol. The third kappa shape index (κ3) is 14.8. The number of hydrogen-bond acceptors (Lipinski definition) is 0. The zero-order valence-corrected chi connectivity index (χ0v) is 24.3. The van der Waals surface area contributed by atoms with Crippen molar-refractivity contribution in [3.63, 3.8) is 0 Å². The summed E-state index contributed by atoms with van der Waals surface area (Å²) in [6.07, 6.45) is 36.4. The molecule has 0 heteroatoms. The molecule has 4 fully saturated rings. The molecule has 2 aromatic rings. The Morgan fingerprint density at radius 1 is 0.263 bits per heavy atom. The lowest BCUT2D eigenvalue weighted by atomic mass is 10.0. The molecule has 38 heavy (non-hydrogen) atoms. The van der Waals surface area contributed by atoms with E-state index in [-0.39, 0.29) is 2.85 Å². The summed E-state index contributed by atoms with van der Waals surface area (Å²) in [6, 6.07) is 24.0. The Hall–Kier alpha value is -2.08. The second-order valence-electron chi connectivity index (χ2n) is 12.0. The minimum atomic E-state index is 0. The molecule has 0 nitrogen and oxygen atoms in total. The van der Waals surface area contributed by atoms with E-state index in [4.69, 9.17) is 0 Å². The van der Waals surface area contributed by atoms with E-state index in [9.17, 15) is 0 Å². The quantitative estimate of drug-likeness (QED) is 0.305. The number of hydrogen-bond donors (Lipinski definition) is 0. The molecule has 8 rings (SSSR count). The minimum absolute atomic E-state index is 0. The van der Waals surface area contributed by atoms with Crippen LogP contribution in [0.4, 0.5) is 0 Å². The monoisotopic (exact) mass is 516 g/mol. The zero-order chi connectivity index (χ0) is 26.4. The Kier molecular flexibility index (Phi) is 16.7. The van der Waals surface area contributed by atoms with E-state index in [1.54, 1.807) is 0 Å². The predicted molar refractivity (Wildman–Crippen MR) is 172 cm³/mol. The average Bonchev–Trinajstić information content (AvgIpc) is 3.88. The van der Waals surface area contributed by atoms with E-state index in [2.05, 4.69) is 24.3 Å². The highest BCUT2D eigenvalue weighted by atomic mass is 14.3. The van der Waals surface area contributed by atoms with E-state index in [1.165, 1.54) is 116 Å². The number of benzene rings is 2. The highest BCUT2D eigenvalue weighted by molar-refractivity contribution is 5.07. The van der Waals surface area contributed by atoms with Crippen LogP contribution < -0.4 is 0 Å². The van der Waals surface area contributed by atoms with Gasteiger partial charge in [-0.1, -0.05) is 174 Å². The molecule has 4 bridgehead atoms. The molecule has 0 spiro atoms. The first-order valence-electron chi connectivity index (χ1n) is 16.3. The largest absolute Gasteiger partial charge is 0.0851 e. The fourth-order valence-electron chi connectivity index (χ4n) is 6.32. The molecule has 0 aromatic heterocycles. The van der Waals surface area contributed by atoms with E-state index in [1.807, 2.05) is 72.8 Å². The summed E-state index contributed by atoms with van der Waals surface area (Å²) in [5, 5.41) is 0. The van der Waals surface area contributed by atoms with Crippen LogP contribution in [-0.2, 0) is 0 Å². The Bertz CT molecular complexity index is 651. The molecule has 4 atom stereocenters. The molecule has 6 aliphatic rings. The fourth-order valence-corrected chi connectivity index (χ4v) is 6.32. The Labute approximate surface area is 239 Å². The maximum absolute atomic E-state index is 2.38. The molecule has 212 valence electrons. The zero-order valence-electron chi connectivity index (χ0n) is 24.3. The van der Waals surface area contributed by atoms with Gasteiger partial charge in [-0.05, 0) is 62.2 Å². The fraction of sp³-hybridized carbons (Fsp3) is 0.579. The maximum Gasteiger partial charge on any atom is 0 e. The SMILES string of the molecule is C1=CC2CCC1C2.C1=CC2CCC1C2.C1CCCCC1.C1CCCCC1.[HH].[HH].c1ccccc1.c1ccccc1. The maximum atomic E-state index is 2.38. The molecule has 0 heterocycles. The molecule has 4 unspecified atom stereocenters. The molecule has 0 aliphatic heterocycles. The number of rotatable bonds is 0. The van der Waals surface area contributed by atoms with Crippen molar-refractivity contribution in [1.29, 1.82) is 0 Å². The topological polar surface area (TPSA) is 0 Å². The summed E-state index contributed by atoms with van der Waals surface area (Å²) in [5.74, 6) is 3.96. The number of allylic oxidation sites excluding steroid dienone is 4. The van der Waals surface area contributed by atoms with Gasteiger partial charge in [0.05, 0.1) is 0 Å². The van der Waals surface area contributed by atoms with E-state index < -0.39 is 0 Å². The highest BCUT2D eigenvalue weighted by Gasteiger charge is 2.26. The molecule has 2 aromatic carbocycles. The Morgan fingerprint density at radius 2 is 0.421 bits per heavy atom. The van der Waals surface area contributed by atoms with Crippen LogP contribution in [0.15, 0.2) is 97.1 Å². The van der Waals surface area contributed by atoms with Gasteiger partial charge in [-0.15, -0.1) is 0 Å². The van der Waals surface area contributed by atoms with E-state index >= 15 is 0 Å². The van der Waals surface area contributed by atoms with E-state index in [0.29, 0.717) is 0 Å². The van der Waals surface area contributed by atoms with Gasteiger partial charge in [0.2, 0.25) is 0 Å². The Balaban J connectivity index is 0.000000238. The van der Waals surface area contributed by atoms with Gasteiger partial charge < -0.3 is 0 Å². The summed E-state index contributed by atoms with van der Waals surface area (Å²) >= 11 is 0. The molecular formula is C38H60. The van der Waals surface area contributed by atoms with Crippen LogP contribution in [0.1, 0.15) is 118 Å². The second-order valence-corrected chi connectivity index (χ2v) is 12.0. The molecule has 6 aliphatic carbocycles. The van der Waals surface area contributed by atoms with Gasteiger partial charge in [0.15, 0.2) is 0 Å². The third-order valence-electron chi connectivity index (χ3n) is 8.67. The smallest absolute Gasteiger partial charge is 0 e. The Morgan fingerprint density at radius 3 is 0.500 bits per heavy atom. The standard InChI is InChI=1S/2C7H10.2C6H12.2C6H6.2H2/c2*1-2-7-4-3-6(1)5-7;4*1-2-4-6-5-3-1;;/h2*1-2,6-7H,3-5H2;2*1-6H2;2*1-6H;2*1H. The van der Waals surface area contributed by atoms with Crippen molar-refractivity contribution < 1.29 is 2.85 Å². The lowest BCUT2D eigenvalue weighted by Gasteiger charge is -2.05. The lowest BCUT2D eigenvalue weighted by Crippen LogP contribution is -1.85. The van der Waals surface area contributed by atoms with Gasteiger partial charge in [0, 0.05) is 2.85 Å². The number of fused-ring (bicyclic) bond motifs is 4. The molecule has 0 saturated heterocycles. The van der Waals surface area contributed by atoms with Gasteiger partial charge >= 0.3 is 0 Å². The van der Waals surface area contributed by atoms with Crippen LogP contribution in [0, 0.1) is 23.7 Å². The second kappa shape index (κ2) is 20.8. The van der Waals surface area contributed by atoms with Gasteiger partial charge in [-0.25, -0.2) is 0 Å². The van der Waals surface area contributed by atoms with Gasteiger partial charge in [-0.3, -0.25) is 0 Å². The van der Waals surface area contributed by atoms with Crippen molar-refractivity contribution in [3.8, 4) is 0 Å². The predicted octanol–water partition coefficient (Wildman–Crippen LogP) is 12.5. The van der Waals surface area contributed by atoms with Crippen molar-refractivity contribution in [2.45, 2.75) is 116 Å². The van der Waals surface area contributed by atoms with Crippen molar-refractivity contribution in [3.05, 3.63) is 97.1 Å². The first-order chi connectivity index (χ1) is 18.9. The molecule has 0 amide bonds. The first kappa shape index (κ1) is 30.5. The van der Waals surface area contributed by atoms with Crippen molar-refractivity contribution in [2.24, 2.45) is 23.7 Å². The summed E-state index contributed by atoms with van der Waals surface area (Å²) in [7, 11) is 0. The minimum Gasteiger partial charge on any atom is -0.0851 e. The van der Waals surface area contributed by atoms with Crippen LogP contribution in [0.2, 0.25) is 0 Å². The van der Waals surface area contributed by atoms with E-state index in [0.717, 1.165) is 23.7 Å². The van der Waals surface area contributed by atoms with Crippen LogP contribution in [0.5, 0.6) is 0 Å².